The molecule has 0 saturated carbocycles. The van der Waals surface area contributed by atoms with E-state index >= 15 is 0 Å². The lowest BCUT2D eigenvalue weighted by molar-refractivity contribution is -0.119. The lowest BCUT2D eigenvalue weighted by atomic mass is 10.0. The Morgan fingerprint density at radius 3 is 2.41 bits per heavy atom. The Morgan fingerprint density at radius 1 is 1.35 bits per heavy atom. The standard InChI is InChI=1S/C11H19N5O/c1-6(2)10(11(12)17)16-9-5-8(13-4)14-7(3)15-9/h5-6,10H,1-4H3,(H2,12,17)(H2,13,14,15,16). The first-order chi connectivity index (χ1) is 7.93. The Bertz CT molecular complexity index is 405. The predicted octanol–water partition coefficient (Wildman–Crippen LogP) is 0.749. The van der Waals surface area contributed by atoms with Crippen molar-refractivity contribution in [3.05, 3.63) is 11.9 Å². The van der Waals surface area contributed by atoms with Gasteiger partial charge in [-0.1, -0.05) is 13.8 Å². The average Bonchev–Trinajstić information content (AvgIpc) is 2.24. The molecule has 1 unspecified atom stereocenters. The summed E-state index contributed by atoms with van der Waals surface area (Å²) in [4.78, 5) is 19.7. The van der Waals surface area contributed by atoms with Gasteiger partial charge in [0.1, 0.15) is 23.5 Å². The first-order valence-corrected chi connectivity index (χ1v) is 5.53. The Hall–Kier alpha value is -1.85. The molecule has 1 aromatic heterocycles. The van der Waals surface area contributed by atoms with Gasteiger partial charge in [0, 0.05) is 13.1 Å². The molecule has 6 heteroatoms. The zero-order chi connectivity index (χ0) is 13.0. The molecule has 94 valence electrons. The van der Waals surface area contributed by atoms with Gasteiger partial charge in [-0.2, -0.15) is 0 Å². The molecule has 1 amide bonds. The summed E-state index contributed by atoms with van der Waals surface area (Å²) in [5, 5.41) is 5.96. The monoisotopic (exact) mass is 237 g/mol. The summed E-state index contributed by atoms with van der Waals surface area (Å²) in [6.45, 7) is 5.64. The molecule has 1 atom stereocenters. The van der Waals surface area contributed by atoms with Crippen molar-refractivity contribution >= 4 is 17.5 Å². The maximum atomic E-state index is 11.3. The fourth-order valence-corrected chi connectivity index (χ4v) is 1.50. The number of hydrogen-bond acceptors (Lipinski definition) is 5. The number of carbonyl (C=O) groups is 1. The summed E-state index contributed by atoms with van der Waals surface area (Å²) in [5.74, 6) is 1.64. The van der Waals surface area contributed by atoms with Gasteiger partial charge in [-0.15, -0.1) is 0 Å². The minimum absolute atomic E-state index is 0.0980. The Kier molecular flexibility index (Phi) is 4.25. The van der Waals surface area contributed by atoms with E-state index in [2.05, 4.69) is 20.6 Å². The van der Waals surface area contributed by atoms with Crippen LogP contribution in [0.2, 0.25) is 0 Å². The molecule has 6 nitrogen and oxygen atoms in total. The molecule has 0 aliphatic heterocycles. The number of nitrogens with zero attached hydrogens (tertiary/aromatic N) is 2. The molecule has 0 bridgehead atoms. The van der Waals surface area contributed by atoms with Crippen LogP contribution in [0.15, 0.2) is 6.07 Å². The fraction of sp³-hybridized carbons (Fsp3) is 0.545. The van der Waals surface area contributed by atoms with E-state index in [9.17, 15) is 4.79 Å². The van der Waals surface area contributed by atoms with E-state index in [0.717, 1.165) is 0 Å². The van der Waals surface area contributed by atoms with Crippen molar-refractivity contribution in [1.29, 1.82) is 0 Å². The Labute approximate surface area is 101 Å². The van der Waals surface area contributed by atoms with Crippen LogP contribution in [-0.4, -0.2) is 29.0 Å². The van der Waals surface area contributed by atoms with Crippen molar-refractivity contribution < 1.29 is 4.79 Å². The number of aromatic nitrogens is 2. The number of amides is 1. The van der Waals surface area contributed by atoms with Gasteiger partial charge < -0.3 is 16.4 Å². The molecule has 4 N–H and O–H groups in total. The molecule has 0 aliphatic carbocycles. The smallest absolute Gasteiger partial charge is 0.240 e. The third-order valence-electron chi connectivity index (χ3n) is 2.37. The lowest BCUT2D eigenvalue weighted by Crippen LogP contribution is -2.39. The number of nitrogens with one attached hydrogen (secondary N) is 2. The van der Waals surface area contributed by atoms with Crippen LogP contribution in [0.5, 0.6) is 0 Å². The van der Waals surface area contributed by atoms with E-state index in [0.29, 0.717) is 17.5 Å². The average molecular weight is 237 g/mol. The maximum absolute atomic E-state index is 11.3. The summed E-state index contributed by atoms with van der Waals surface area (Å²) in [6, 6.07) is 1.31. The zero-order valence-electron chi connectivity index (χ0n) is 10.6. The molecule has 1 heterocycles. The van der Waals surface area contributed by atoms with Gasteiger partial charge in [-0.3, -0.25) is 4.79 Å². The number of nitrogens with two attached hydrogens (primary N) is 1. The van der Waals surface area contributed by atoms with Crippen LogP contribution in [0.4, 0.5) is 11.6 Å². The molecular formula is C11H19N5O. The van der Waals surface area contributed by atoms with Crippen molar-refractivity contribution in [3.63, 3.8) is 0 Å². The van der Waals surface area contributed by atoms with E-state index in [1.54, 1.807) is 20.0 Å². The van der Waals surface area contributed by atoms with Gasteiger partial charge in [0.15, 0.2) is 0 Å². The summed E-state index contributed by atoms with van der Waals surface area (Å²) >= 11 is 0. The molecule has 0 radical (unpaired) electrons. The van der Waals surface area contributed by atoms with Crippen molar-refractivity contribution in [2.24, 2.45) is 11.7 Å². The Balaban J connectivity index is 2.93. The molecule has 0 saturated heterocycles. The summed E-state index contributed by atoms with van der Waals surface area (Å²) < 4.78 is 0. The topological polar surface area (TPSA) is 92.9 Å². The van der Waals surface area contributed by atoms with Crippen LogP contribution in [-0.2, 0) is 4.79 Å². The molecule has 0 aliphatic rings. The van der Waals surface area contributed by atoms with E-state index in [4.69, 9.17) is 5.73 Å². The van der Waals surface area contributed by atoms with Crippen molar-refractivity contribution in [1.82, 2.24) is 9.97 Å². The van der Waals surface area contributed by atoms with Crippen molar-refractivity contribution in [2.45, 2.75) is 26.8 Å². The highest BCUT2D eigenvalue weighted by molar-refractivity contribution is 5.83. The van der Waals surface area contributed by atoms with E-state index < -0.39 is 6.04 Å². The number of anilines is 2. The van der Waals surface area contributed by atoms with Crippen LogP contribution in [0.1, 0.15) is 19.7 Å². The normalized spacial score (nSPS) is 12.3. The van der Waals surface area contributed by atoms with Crippen LogP contribution in [0, 0.1) is 12.8 Å². The van der Waals surface area contributed by atoms with Crippen molar-refractivity contribution in [3.8, 4) is 0 Å². The van der Waals surface area contributed by atoms with Gasteiger partial charge in [0.25, 0.3) is 0 Å². The highest BCUT2D eigenvalue weighted by Crippen LogP contribution is 2.14. The third-order valence-corrected chi connectivity index (χ3v) is 2.37. The Morgan fingerprint density at radius 2 is 1.94 bits per heavy atom. The second-order valence-corrected chi connectivity index (χ2v) is 4.20. The highest BCUT2D eigenvalue weighted by atomic mass is 16.1. The minimum Gasteiger partial charge on any atom is -0.373 e. The molecule has 0 spiro atoms. The minimum atomic E-state index is -0.436. The van der Waals surface area contributed by atoms with Crippen LogP contribution < -0.4 is 16.4 Å². The largest absolute Gasteiger partial charge is 0.373 e. The molecule has 0 aromatic carbocycles. The van der Waals surface area contributed by atoms with E-state index in [-0.39, 0.29) is 11.8 Å². The van der Waals surface area contributed by atoms with Gasteiger partial charge >= 0.3 is 0 Å². The zero-order valence-corrected chi connectivity index (χ0v) is 10.6. The summed E-state index contributed by atoms with van der Waals surface area (Å²) in [5.41, 5.74) is 5.33. The number of hydrogen-bond donors (Lipinski definition) is 3. The second-order valence-electron chi connectivity index (χ2n) is 4.20. The second kappa shape index (κ2) is 5.47. The lowest BCUT2D eigenvalue weighted by Gasteiger charge is -2.19. The molecule has 1 rings (SSSR count). The van der Waals surface area contributed by atoms with Gasteiger partial charge in [-0.25, -0.2) is 9.97 Å². The first-order valence-electron chi connectivity index (χ1n) is 5.53. The quantitative estimate of drug-likeness (QED) is 0.702. The predicted molar refractivity (Wildman–Crippen MR) is 67.8 cm³/mol. The van der Waals surface area contributed by atoms with Gasteiger partial charge in [-0.05, 0) is 12.8 Å². The van der Waals surface area contributed by atoms with Crippen molar-refractivity contribution in [2.75, 3.05) is 17.7 Å². The van der Waals surface area contributed by atoms with Crippen LogP contribution >= 0.6 is 0 Å². The number of primary amides is 1. The third kappa shape index (κ3) is 3.58. The molecule has 0 fully saturated rings. The SMILES string of the molecule is CNc1cc(NC(C(N)=O)C(C)C)nc(C)n1. The number of rotatable bonds is 5. The number of carbonyl (C=O) groups excluding carboxylic acids is 1. The molecular weight excluding hydrogens is 218 g/mol. The number of aryl methyl sites for hydroxylation is 1. The van der Waals surface area contributed by atoms with Crippen LogP contribution in [0.25, 0.3) is 0 Å². The molecule has 17 heavy (non-hydrogen) atoms. The molecule has 1 aromatic rings. The fourth-order valence-electron chi connectivity index (χ4n) is 1.50. The highest BCUT2D eigenvalue weighted by Gasteiger charge is 2.19. The first kappa shape index (κ1) is 13.2. The van der Waals surface area contributed by atoms with E-state index in [1.165, 1.54) is 0 Å². The van der Waals surface area contributed by atoms with E-state index in [1.807, 2.05) is 13.8 Å². The maximum Gasteiger partial charge on any atom is 0.240 e. The van der Waals surface area contributed by atoms with Gasteiger partial charge in [0.2, 0.25) is 5.91 Å². The van der Waals surface area contributed by atoms with Gasteiger partial charge in [0.05, 0.1) is 0 Å². The summed E-state index contributed by atoms with van der Waals surface area (Å²) in [7, 11) is 1.78. The summed E-state index contributed by atoms with van der Waals surface area (Å²) in [6.07, 6.45) is 0. The van der Waals surface area contributed by atoms with Crippen LogP contribution in [0.3, 0.4) is 0 Å².